The highest BCUT2D eigenvalue weighted by Crippen LogP contribution is 2.17. The maximum absolute atomic E-state index is 12.1. The Balaban J connectivity index is 1.97. The van der Waals surface area contributed by atoms with Crippen molar-refractivity contribution in [3.8, 4) is 5.75 Å². The molecule has 0 saturated carbocycles. The Morgan fingerprint density at radius 2 is 1.96 bits per heavy atom. The Bertz CT molecular complexity index is 762. The number of thiocarbonyl (C=S) groups is 1. The highest BCUT2D eigenvalue weighted by molar-refractivity contribution is 7.80. The number of nitro benzene ring substituents is 1. The van der Waals surface area contributed by atoms with Gasteiger partial charge in [0.1, 0.15) is 5.75 Å². The number of rotatable bonds is 5. The molecule has 0 atom stereocenters. The van der Waals surface area contributed by atoms with E-state index in [2.05, 4.69) is 10.6 Å². The second kappa shape index (κ2) is 8.02. The Labute approximate surface area is 143 Å². The van der Waals surface area contributed by atoms with E-state index in [1.54, 1.807) is 30.3 Å². The molecule has 0 spiro atoms. The van der Waals surface area contributed by atoms with E-state index < -0.39 is 4.92 Å². The van der Waals surface area contributed by atoms with E-state index in [4.69, 9.17) is 17.0 Å². The van der Waals surface area contributed by atoms with Crippen molar-refractivity contribution in [3.05, 3.63) is 64.2 Å². The molecule has 124 valence electrons. The highest BCUT2D eigenvalue weighted by atomic mass is 32.1. The largest absolute Gasteiger partial charge is 0.494 e. The Morgan fingerprint density at radius 3 is 2.58 bits per heavy atom. The summed E-state index contributed by atoms with van der Waals surface area (Å²) in [5.41, 5.74) is 0.767. The maximum Gasteiger partial charge on any atom is 0.271 e. The summed E-state index contributed by atoms with van der Waals surface area (Å²) in [6.45, 7) is 2.42. The fourth-order valence-electron chi connectivity index (χ4n) is 1.90. The van der Waals surface area contributed by atoms with Gasteiger partial charge in [-0.25, -0.2) is 0 Å². The van der Waals surface area contributed by atoms with Gasteiger partial charge in [0.05, 0.1) is 11.5 Å². The third-order valence-electron chi connectivity index (χ3n) is 2.97. The first-order chi connectivity index (χ1) is 11.5. The summed E-state index contributed by atoms with van der Waals surface area (Å²) in [5, 5.41) is 16.0. The lowest BCUT2D eigenvalue weighted by molar-refractivity contribution is -0.384. The van der Waals surface area contributed by atoms with Crippen LogP contribution in [0, 0.1) is 10.1 Å². The number of hydrogen-bond acceptors (Lipinski definition) is 5. The Morgan fingerprint density at radius 1 is 1.25 bits per heavy atom. The second-order valence-electron chi connectivity index (χ2n) is 4.67. The van der Waals surface area contributed by atoms with Crippen LogP contribution in [0.25, 0.3) is 0 Å². The molecule has 8 heteroatoms. The maximum atomic E-state index is 12.1. The number of benzene rings is 2. The van der Waals surface area contributed by atoms with Crippen LogP contribution in [-0.4, -0.2) is 22.5 Å². The van der Waals surface area contributed by atoms with Crippen molar-refractivity contribution in [2.75, 3.05) is 11.9 Å². The van der Waals surface area contributed by atoms with Gasteiger partial charge in [0.25, 0.3) is 11.6 Å². The minimum Gasteiger partial charge on any atom is -0.494 e. The Kier molecular flexibility index (Phi) is 5.80. The molecular formula is C16H15N3O4S. The summed E-state index contributed by atoms with van der Waals surface area (Å²) >= 11 is 5.05. The molecule has 2 aromatic rings. The molecule has 0 aliphatic rings. The zero-order chi connectivity index (χ0) is 17.5. The summed E-state index contributed by atoms with van der Waals surface area (Å²) in [6.07, 6.45) is 0. The predicted octanol–water partition coefficient (Wildman–Crippen LogP) is 3.12. The van der Waals surface area contributed by atoms with Crippen molar-refractivity contribution in [1.29, 1.82) is 0 Å². The van der Waals surface area contributed by atoms with Crippen LogP contribution in [0.1, 0.15) is 17.3 Å². The number of anilines is 1. The first-order valence-corrected chi connectivity index (χ1v) is 7.50. The topological polar surface area (TPSA) is 93.5 Å². The number of ether oxygens (including phenoxy) is 1. The van der Waals surface area contributed by atoms with Crippen molar-refractivity contribution in [2.24, 2.45) is 0 Å². The number of carbonyl (C=O) groups excluding carboxylic acids is 1. The number of amides is 1. The lowest BCUT2D eigenvalue weighted by atomic mass is 10.2. The molecule has 1 amide bonds. The first-order valence-electron chi connectivity index (χ1n) is 7.09. The van der Waals surface area contributed by atoms with Gasteiger partial charge < -0.3 is 10.1 Å². The number of nitro groups is 1. The molecular weight excluding hydrogens is 330 g/mol. The summed E-state index contributed by atoms with van der Waals surface area (Å²) in [6, 6.07) is 12.5. The van der Waals surface area contributed by atoms with E-state index in [1.165, 1.54) is 18.2 Å². The van der Waals surface area contributed by atoms with Gasteiger partial charge in [-0.2, -0.15) is 0 Å². The molecule has 0 aliphatic heterocycles. The highest BCUT2D eigenvalue weighted by Gasteiger charge is 2.10. The first kappa shape index (κ1) is 17.4. The molecule has 2 rings (SSSR count). The lowest BCUT2D eigenvalue weighted by Crippen LogP contribution is -2.34. The van der Waals surface area contributed by atoms with Crippen LogP contribution in [0.15, 0.2) is 48.5 Å². The molecule has 2 aromatic carbocycles. The van der Waals surface area contributed by atoms with Crippen molar-refractivity contribution in [3.63, 3.8) is 0 Å². The van der Waals surface area contributed by atoms with Crippen LogP contribution in [0.3, 0.4) is 0 Å². The van der Waals surface area contributed by atoms with Crippen LogP contribution in [0.2, 0.25) is 0 Å². The third-order valence-corrected chi connectivity index (χ3v) is 3.17. The van der Waals surface area contributed by atoms with E-state index in [0.29, 0.717) is 23.6 Å². The number of non-ortho nitro benzene ring substituents is 1. The van der Waals surface area contributed by atoms with E-state index in [-0.39, 0.29) is 16.7 Å². The molecule has 0 aromatic heterocycles. The lowest BCUT2D eigenvalue weighted by Gasteiger charge is -2.10. The summed E-state index contributed by atoms with van der Waals surface area (Å²) in [5.74, 6) is 0.285. The number of nitrogens with zero attached hydrogens (tertiary/aromatic N) is 1. The van der Waals surface area contributed by atoms with E-state index in [9.17, 15) is 14.9 Å². The monoisotopic (exact) mass is 345 g/mol. The molecule has 7 nitrogen and oxygen atoms in total. The third kappa shape index (κ3) is 4.75. The van der Waals surface area contributed by atoms with Gasteiger partial charge in [0, 0.05) is 23.4 Å². The van der Waals surface area contributed by atoms with E-state index in [1.807, 2.05) is 6.92 Å². The van der Waals surface area contributed by atoms with Crippen molar-refractivity contribution in [2.45, 2.75) is 6.92 Å². The second-order valence-corrected chi connectivity index (χ2v) is 5.08. The minimum absolute atomic E-state index is 0.0504. The average molecular weight is 345 g/mol. The minimum atomic E-state index is -0.507. The number of hydrogen-bond donors (Lipinski definition) is 2. The molecule has 2 N–H and O–H groups in total. The van der Waals surface area contributed by atoms with Crippen LogP contribution < -0.4 is 15.4 Å². The van der Waals surface area contributed by atoms with Gasteiger partial charge in [0.2, 0.25) is 0 Å². The SMILES string of the molecule is CCOc1ccc(C(=O)NC(=S)Nc2cccc([N+](=O)[O-])c2)cc1. The smallest absolute Gasteiger partial charge is 0.271 e. The molecule has 0 fully saturated rings. The fraction of sp³-hybridized carbons (Fsp3) is 0.125. The fourth-order valence-corrected chi connectivity index (χ4v) is 2.11. The molecule has 0 unspecified atom stereocenters. The number of carbonyl (C=O) groups is 1. The summed E-state index contributed by atoms with van der Waals surface area (Å²) < 4.78 is 5.31. The Hall–Kier alpha value is -3.00. The van der Waals surface area contributed by atoms with Gasteiger partial charge in [-0.1, -0.05) is 6.07 Å². The average Bonchev–Trinajstić information content (AvgIpc) is 2.55. The molecule has 24 heavy (non-hydrogen) atoms. The van der Waals surface area contributed by atoms with Crippen LogP contribution in [-0.2, 0) is 0 Å². The van der Waals surface area contributed by atoms with Crippen molar-refractivity contribution < 1.29 is 14.5 Å². The van der Waals surface area contributed by atoms with Gasteiger partial charge >= 0.3 is 0 Å². The van der Waals surface area contributed by atoms with Crippen LogP contribution in [0.5, 0.6) is 5.75 Å². The van der Waals surface area contributed by atoms with Crippen LogP contribution >= 0.6 is 12.2 Å². The van der Waals surface area contributed by atoms with Crippen molar-refractivity contribution >= 4 is 34.6 Å². The molecule has 0 bridgehead atoms. The van der Waals surface area contributed by atoms with Crippen LogP contribution in [0.4, 0.5) is 11.4 Å². The number of nitrogens with one attached hydrogen (secondary N) is 2. The molecule has 0 radical (unpaired) electrons. The zero-order valence-corrected chi connectivity index (χ0v) is 13.6. The van der Waals surface area contributed by atoms with Gasteiger partial charge in [-0.3, -0.25) is 20.2 Å². The quantitative estimate of drug-likeness (QED) is 0.491. The molecule has 0 aliphatic carbocycles. The predicted molar refractivity (Wildman–Crippen MR) is 94.4 cm³/mol. The van der Waals surface area contributed by atoms with Gasteiger partial charge in [-0.15, -0.1) is 0 Å². The van der Waals surface area contributed by atoms with E-state index in [0.717, 1.165) is 0 Å². The van der Waals surface area contributed by atoms with Crippen molar-refractivity contribution in [1.82, 2.24) is 5.32 Å². The standard InChI is InChI=1S/C16H15N3O4S/c1-2-23-14-8-6-11(7-9-14)15(20)18-16(24)17-12-4-3-5-13(10-12)19(21)22/h3-10H,2H2,1H3,(H2,17,18,20,24). The van der Waals surface area contributed by atoms with Gasteiger partial charge in [-0.05, 0) is 49.5 Å². The normalized spacial score (nSPS) is 9.88. The molecule has 0 saturated heterocycles. The summed E-state index contributed by atoms with van der Waals surface area (Å²) in [7, 11) is 0. The molecule has 0 heterocycles. The summed E-state index contributed by atoms with van der Waals surface area (Å²) in [4.78, 5) is 22.3. The zero-order valence-electron chi connectivity index (χ0n) is 12.8. The van der Waals surface area contributed by atoms with Gasteiger partial charge in [0.15, 0.2) is 5.11 Å². The van der Waals surface area contributed by atoms with E-state index >= 15 is 0 Å².